The predicted molar refractivity (Wildman–Crippen MR) is 96.6 cm³/mol. The number of hydrogen-bond acceptors (Lipinski definition) is 4. The van der Waals surface area contributed by atoms with Gasteiger partial charge in [0.25, 0.3) is 0 Å². The van der Waals surface area contributed by atoms with Gasteiger partial charge in [0.15, 0.2) is 0 Å². The zero-order valence-electron chi connectivity index (χ0n) is 14.3. The minimum atomic E-state index is -0.385. The van der Waals surface area contributed by atoms with Crippen molar-refractivity contribution in [3.63, 3.8) is 0 Å². The molecular formula is C18H19ClN4O2. The largest absolute Gasteiger partial charge is 0.488 e. The van der Waals surface area contributed by atoms with E-state index in [-0.39, 0.29) is 5.69 Å². The van der Waals surface area contributed by atoms with Gasteiger partial charge in [-0.3, -0.25) is 0 Å². The van der Waals surface area contributed by atoms with Gasteiger partial charge < -0.3 is 4.74 Å². The van der Waals surface area contributed by atoms with Gasteiger partial charge in [0.2, 0.25) is 0 Å². The molecule has 130 valence electrons. The van der Waals surface area contributed by atoms with Crippen LogP contribution in [0.15, 0.2) is 35.1 Å². The number of tetrazole rings is 1. The molecule has 1 aromatic heterocycles. The van der Waals surface area contributed by atoms with Crippen LogP contribution in [-0.4, -0.2) is 20.2 Å². The fourth-order valence-corrected chi connectivity index (χ4v) is 2.94. The van der Waals surface area contributed by atoms with Gasteiger partial charge in [0, 0.05) is 10.6 Å². The smallest absolute Gasteiger partial charge is 0.365 e. The van der Waals surface area contributed by atoms with E-state index in [1.807, 2.05) is 44.2 Å². The summed E-state index contributed by atoms with van der Waals surface area (Å²) < 4.78 is 7.26. The molecule has 2 aromatic carbocycles. The zero-order valence-corrected chi connectivity index (χ0v) is 15.1. The molecule has 0 bridgehead atoms. The quantitative estimate of drug-likeness (QED) is 0.759. The maximum absolute atomic E-state index is 11.9. The summed E-state index contributed by atoms with van der Waals surface area (Å²) in [5.41, 5.74) is 4.28. The van der Waals surface area contributed by atoms with Gasteiger partial charge in [-0.25, -0.2) is 9.89 Å². The molecule has 6 nitrogen and oxygen atoms in total. The fourth-order valence-electron chi connectivity index (χ4n) is 2.79. The maximum Gasteiger partial charge on any atom is 0.365 e. The molecule has 1 heterocycles. The van der Waals surface area contributed by atoms with Gasteiger partial charge in [0.1, 0.15) is 12.4 Å². The highest BCUT2D eigenvalue weighted by Gasteiger charge is 2.14. The average Bonchev–Trinajstić information content (AvgIpc) is 3.02. The molecule has 0 atom stereocenters. The fraction of sp³-hybridized carbons (Fsp3) is 0.278. The predicted octanol–water partition coefficient (Wildman–Crippen LogP) is 3.37. The Morgan fingerprint density at radius 3 is 2.72 bits per heavy atom. The number of H-pyrrole nitrogens is 1. The second kappa shape index (κ2) is 7.11. The number of aryl methyl sites for hydroxylation is 3. The van der Waals surface area contributed by atoms with Crippen LogP contribution in [0.5, 0.6) is 5.75 Å². The van der Waals surface area contributed by atoms with Crippen molar-refractivity contribution in [2.75, 3.05) is 0 Å². The lowest BCUT2D eigenvalue weighted by atomic mass is 10.0. The van der Waals surface area contributed by atoms with Gasteiger partial charge >= 0.3 is 5.69 Å². The number of aromatic amines is 1. The summed E-state index contributed by atoms with van der Waals surface area (Å²) >= 11 is 6.21. The van der Waals surface area contributed by atoms with E-state index < -0.39 is 0 Å². The van der Waals surface area contributed by atoms with E-state index in [4.69, 9.17) is 16.3 Å². The van der Waals surface area contributed by atoms with Crippen LogP contribution in [-0.2, 0) is 13.0 Å². The van der Waals surface area contributed by atoms with Crippen molar-refractivity contribution >= 4 is 11.6 Å². The summed E-state index contributed by atoms with van der Waals surface area (Å²) in [4.78, 5) is 11.9. The van der Waals surface area contributed by atoms with Crippen molar-refractivity contribution < 1.29 is 4.74 Å². The van der Waals surface area contributed by atoms with E-state index >= 15 is 0 Å². The Hall–Kier alpha value is -2.60. The number of aromatic nitrogens is 4. The summed E-state index contributed by atoms with van der Waals surface area (Å²) in [7, 11) is 0. The lowest BCUT2D eigenvalue weighted by Gasteiger charge is -2.16. The van der Waals surface area contributed by atoms with E-state index in [0.29, 0.717) is 17.3 Å². The van der Waals surface area contributed by atoms with Crippen molar-refractivity contribution in [3.8, 4) is 11.4 Å². The number of nitrogens with zero attached hydrogens (tertiary/aromatic N) is 3. The van der Waals surface area contributed by atoms with Crippen LogP contribution in [0, 0.1) is 13.8 Å². The Labute approximate surface area is 150 Å². The van der Waals surface area contributed by atoms with Gasteiger partial charge in [-0.15, -0.1) is 0 Å². The summed E-state index contributed by atoms with van der Waals surface area (Å²) in [6.45, 7) is 6.30. The molecule has 0 spiro atoms. The number of nitrogens with one attached hydrogen (secondary N) is 1. The number of rotatable bonds is 5. The second-order valence-electron chi connectivity index (χ2n) is 5.84. The zero-order chi connectivity index (χ0) is 18.0. The molecule has 0 saturated carbocycles. The lowest BCUT2D eigenvalue weighted by Crippen LogP contribution is -2.19. The van der Waals surface area contributed by atoms with Crippen LogP contribution in [0.25, 0.3) is 5.69 Å². The Balaban J connectivity index is 1.99. The molecule has 3 aromatic rings. The molecule has 0 unspecified atom stereocenters. The first-order valence-corrected chi connectivity index (χ1v) is 8.40. The molecule has 0 aliphatic carbocycles. The highest BCUT2D eigenvalue weighted by molar-refractivity contribution is 6.31. The van der Waals surface area contributed by atoms with Crippen LogP contribution in [0.3, 0.4) is 0 Å². The highest BCUT2D eigenvalue weighted by atomic mass is 35.5. The number of hydrogen-bond donors (Lipinski definition) is 1. The molecule has 0 amide bonds. The summed E-state index contributed by atoms with van der Waals surface area (Å²) in [5.74, 6) is 0.722. The minimum absolute atomic E-state index is 0.304. The first kappa shape index (κ1) is 17.2. The molecule has 1 N–H and O–H groups in total. The average molecular weight is 359 g/mol. The monoisotopic (exact) mass is 358 g/mol. The summed E-state index contributed by atoms with van der Waals surface area (Å²) in [6.07, 6.45) is 0.812. The molecule has 3 rings (SSSR count). The molecular weight excluding hydrogens is 340 g/mol. The van der Waals surface area contributed by atoms with Crippen LogP contribution < -0.4 is 10.4 Å². The van der Waals surface area contributed by atoms with E-state index in [1.165, 1.54) is 4.68 Å². The first-order valence-electron chi connectivity index (χ1n) is 8.02. The molecule has 0 radical (unpaired) electrons. The number of benzene rings is 2. The summed E-state index contributed by atoms with van der Waals surface area (Å²) in [5, 5.41) is 10.4. The van der Waals surface area contributed by atoms with E-state index in [1.54, 1.807) is 0 Å². The van der Waals surface area contributed by atoms with E-state index in [2.05, 4.69) is 22.4 Å². The van der Waals surface area contributed by atoms with E-state index in [9.17, 15) is 4.79 Å². The molecule has 0 saturated heterocycles. The summed E-state index contributed by atoms with van der Waals surface area (Å²) in [6, 6.07) is 9.56. The molecule has 25 heavy (non-hydrogen) atoms. The maximum atomic E-state index is 11.9. The van der Waals surface area contributed by atoms with Crippen molar-refractivity contribution in [1.82, 2.24) is 20.2 Å². The van der Waals surface area contributed by atoms with Crippen molar-refractivity contribution in [2.24, 2.45) is 0 Å². The third kappa shape index (κ3) is 3.44. The van der Waals surface area contributed by atoms with Crippen molar-refractivity contribution in [1.29, 1.82) is 0 Å². The standard InChI is InChI=1S/C18H19ClN4O2/c1-4-13-6-5-7-16(23-18(24)20-21-22-23)14(13)10-25-17-9-15(19)11(2)8-12(17)3/h5-9H,4,10H2,1-3H3,(H,20,22,24). The van der Waals surface area contributed by atoms with Crippen LogP contribution >= 0.6 is 11.6 Å². The third-order valence-electron chi connectivity index (χ3n) is 4.16. The molecule has 0 aliphatic rings. The molecule has 7 heteroatoms. The van der Waals surface area contributed by atoms with Gasteiger partial charge in [-0.05, 0) is 59.5 Å². The second-order valence-corrected chi connectivity index (χ2v) is 6.25. The van der Waals surface area contributed by atoms with Crippen molar-refractivity contribution in [3.05, 3.63) is 68.1 Å². The Kier molecular flexibility index (Phi) is 4.90. The van der Waals surface area contributed by atoms with E-state index in [0.717, 1.165) is 34.4 Å². The molecule has 0 aliphatic heterocycles. The van der Waals surface area contributed by atoms with Gasteiger partial charge in [-0.1, -0.05) is 36.7 Å². The van der Waals surface area contributed by atoms with Gasteiger partial charge in [-0.2, -0.15) is 4.68 Å². The lowest BCUT2D eigenvalue weighted by molar-refractivity contribution is 0.302. The number of halogens is 1. The van der Waals surface area contributed by atoms with Gasteiger partial charge in [0.05, 0.1) is 5.69 Å². The minimum Gasteiger partial charge on any atom is -0.488 e. The van der Waals surface area contributed by atoms with Crippen LogP contribution in [0.1, 0.15) is 29.2 Å². The highest BCUT2D eigenvalue weighted by Crippen LogP contribution is 2.28. The SMILES string of the molecule is CCc1cccc(-n2nn[nH]c2=O)c1COc1cc(Cl)c(C)cc1C. The molecule has 0 fully saturated rings. The Bertz CT molecular complexity index is 962. The van der Waals surface area contributed by atoms with Crippen LogP contribution in [0.4, 0.5) is 0 Å². The first-order chi connectivity index (χ1) is 12.0. The third-order valence-corrected chi connectivity index (χ3v) is 4.56. The number of ether oxygens (including phenoxy) is 1. The Morgan fingerprint density at radius 2 is 2.04 bits per heavy atom. The normalized spacial score (nSPS) is 10.9. The Morgan fingerprint density at radius 1 is 1.24 bits per heavy atom. The van der Waals surface area contributed by atoms with Crippen molar-refractivity contribution in [2.45, 2.75) is 33.8 Å². The van der Waals surface area contributed by atoms with Crippen LogP contribution in [0.2, 0.25) is 5.02 Å². The topological polar surface area (TPSA) is 72.8 Å².